The summed E-state index contributed by atoms with van der Waals surface area (Å²) in [5.74, 6) is -1.61. The third-order valence-corrected chi connectivity index (χ3v) is 5.81. The number of hydrogen-bond donors (Lipinski definition) is 6. The Kier molecular flexibility index (Phi) is 25.2. The summed E-state index contributed by atoms with van der Waals surface area (Å²) >= 11 is 2.86. The number of ketones is 2. The van der Waals surface area contributed by atoms with Gasteiger partial charge in [-0.3, -0.25) is 28.8 Å². The number of carbonyl (C=O) groups excluding carboxylic acids is 6. The minimum atomic E-state index is -1.02. The number of amides is 4. The summed E-state index contributed by atoms with van der Waals surface area (Å²) < 4.78 is 13.7. The Morgan fingerprint density at radius 1 is 0.707 bits per heavy atom. The summed E-state index contributed by atoms with van der Waals surface area (Å²) in [6, 6.07) is -3.05. The van der Waals surface area contributed by atoms with E-state index in [9.17, 15) is 28.8 Å². The fourth-order valence-electron chi connectivity index (χ4n) is 2.70. The fourth-order valence-corrected chi connectivity index (χ4v) is 3.85. The lowest BCUT2D eigenvalue weighted by Crippen LogP contribution is -2.52. The molecule has 0 unspecified atom stereocenters. The lowest BCUT2D eigenvalue weighted by molar-refractivity contribution is -0.129. The van der Waals surface area contributed by atoms with Crippen molar-refractivity contribution in [1.29, 1.82) is 0 Å². The van der Waals surface area contributed by atoms with Gasteiger partial charge >= 0.3 is 0 Å². The zero-order valence-corrected chi connectivity index (χ0v) is 27.1. The van der Waals surface area contributed by atoms with Crippen LogP contribution in [0.25, 0.3) is 0 Å². The molecule has 0 bridgehead atoms. The first-order valence-corrected chi connectivity index (χ1v) is 15.9. The molecule has 0 fully saturated rings. The Bertz CT molecular complexity index is 911. The standard InChI is InChI=1S/2C12H21N3O3S.C3H8/c1-4-5-14-9(6-8(2)16)12(18)15-10(7-19-3)11(13)17;1-4-5-14-10(7-19-3)12(18)15-9(11(13)17)6-8(2)16;1-3-2/h2*4-5,9-10,14H,6-7H2,1-3H3,(H2,13,17)(H,15,18);3H2,1-2H3/t2*9-,10-;/m00./s1/i/hT2. The van der Waals surface area contributed by atoms with Crippen molar-refractivity contribution in [1.82, 2.24) is 21.3 Å². The lowest BCUT2D eigenvalue weighted by Gasteiger charge is -2.20. The molecule has 0 saturated heterocycles. The number of hydrogen-bond acceptors (Lipinski definition) is 10. The quantitative estimate of drug-likeness (QED) is 0.128. The van der Waals surface area contributed by atoms with E-state index in [1.54, 1.807) is 49.2 Å². The van der Waals surface area contributed by atoms with Crippen LogP contribution in [0.3, 0.4) is 0 Å². The second kappa shape index (κ2) is 27.2. The molecular formula is C27H50N6O6S2. The predicted octanol–water partition coefficient (Wildman–Crippen LogP) is 0.997. The molecule has 8 N–H and O–H groups in total. The maximum absolute atomic E-state index is 12.1. The van der Waals surface area contributed by atoms with Crippen LogP contribution in [0.2, 0.25) is 2.82 Å². The van der Waals surface area contributed by atoms with Crippen LogP contribution in [-0.4, -0.2) is 83.4 Å². The number of allylic oxidation sites excluding steroid dienone is 2. The van der Waals surface area contributed by atoms with E-state index in [2.05, 4.69) is 35.1 Å². The van der Waals surface area contributed by atoms with E-state index >= 15 is 0 Å². The number of nitrogens with one attached hydrogen (secondary N) is 4. The number of nitrogens with two attached hydrogens (primary N) is 2. The Morgan fingerprint density at radius 2 is 1.07 bits per heavy atom. The van der Waals surface area contributed by atoms with Gasteiger partial charge < -0.3 is 32.7 Å². The van der Waals surface area contributed by atoms with Crippen LogP contribution >= 0.6 is 23.5 Å². The fraction of sp³-hybridized carbons (Fsp3) is 0.630. The molecule has 14 heteroatoms. The molecular weight excluding hydrogens is 568 g/mol. The zero-order valence-electron chi connectivity index (χ0n) is 27.4. The van der Waals surface area contributed by atoms with Crippen LogP contribution in [0.5, 0.6) is 0 Å². The average molecular weight is 623 g/mol. The number of primary amides is 2. The molecule has 4 amide bonds. The van der Waals surface area contributed by atoms with E-state index < -0.39 is 41.9 Å². The Balaban J connectivity index is -0.000000681. The average Bonchev–Trinajstić information content (AvgIpc) is 2.96. The van der Waals surface area contributed by atoms with Crippen LogP contribution in [-0.2, 0) is 28.8 Å². The van der Waals surface area contributed by atoms with Crippen molar-refractivity contribution >= 4 is 58.7 Å². The summed E-state index contributed by atoms with van der Waals surface area (Å²) in [5.41, 5.74) is 3.45. The van der Waals surface area contributed by atoms with Gasteiger partial charge in [0.05, 0.1) is 0 Å². The molecule has 4 atom stereocenters. The predicted molar refractivity (Wildman–Crippen MR) is 169 cm³/mol. The molecule has 12 nitrogen and oxygen atoms in total. The molecule has 0 aliphatic heterocycles. The number of thioether (sulfide) groups is 2. The third kappa shape index (κ3) is 24.5. The molecule has 0 aromatic rings. The number of rotatable bonds is 18. The highest BCUT2D eigenvalue weighted by Gasteiger charge is 2.25. The SMILES string of the molecule is CCC.[3H]NC(=O)[C@H](CC(C)=O)NC(=O)[C@H](CSC)NC=CC.[3H]NC(=O)[C@H](CSC)NC(=O)[C@H](CC(C)=O)NC=CC. The molecule has 0 aromatic carbocycles. The first-order valence-electron chi connectivity index (χ1n) is 14.1. The van der Waals surface area contributed by atoms with Crippen molar-refractivity contribution in [2.24, 2.45) is 11.5 Å². The molecule has 0 rings (SSSR count). The number of Topliss-reactive ketones (excluding diaryl/α,β-unsaturated/α-hetero) is 2. The topological polar surface area (TPSA) is 203 Å². The summed E-state index contributed by atoms with van der Waals surface area (Å²) in [4.78, 5) is 69.4. The van der Waals surface area contributed by atoms with Gasteiger partial charge in [-0.05, 0) is 52.6 Å². The molecule has 0 radical (unpaired) electrons. The van der Waals surface area contributed by atoms with Gasteiger partial charge in [0.15, 0.2) is 2.82 Å². The molecule has 0 aromatic heterocycles. The molecule has 0 aliphatic carbocycles. The van der Waals surface area contributed by atoms with Gasteiger partial charge in [-0.25, -0.2) is 0 Å². The third-order valence-electron chi connectivity index (χ3n) is 4.48. The minimum absolute atomic E-state index is 0.0324. The van der Waals surface area contributed by atoms with E-state index in [1.165, 1.54) is 43.8 Å². The molecule has 0 heterocycles. The van der Waals surface area contributed by atoms with E-state index in [-0.39, 0.29) is 30.3 Å². The first-order chi connectivity index (χ1) is 20.3. The van der Waals surface area contributed by atoms with Gasteiger partial charge in [-0.2, -0.15) is 23.5 Å². The van der Waals surface area contributed by atoms with E-state index in [4.69, 9.17) is 2.82 Å². The second-order valence-corrected chi connectivity index (χ2v) is 10.5. The highest BCUT2D eigenvalue weighted by Crippen LogP contribution is 2.01. The largest absolute Gasteiger partial charge is 0.380 e. The van der Waals surface area contributed by atoms with E-state index in [1.807, 2.05) is 13.2 Å². The molecule has 0 spiro atoms. The second-order valence-electron chi connectivity index (χ2n) is 8.72. The maximum Gasteiger partial charge on any atom is 0.243 e. The van der Waals surface area contributed by atoms with Crippen LogP contribution in [0.15, 0.2) is 24.6 Å². The van der Waals surface area contributed by atoms with Crippen LogP contribution < -0.4 is 32.7 Å². The van der Waals surface area contributed by atoms with Crippen molar-refractivity contribution < 1.29 is 31.6 Å². The van der Waals surface area contributed by atoms with Gasteiger partial charge in [0.2, 0.25) is 23.6 Å². The van der Waals surface area contributed by atoms with Crippen molar-refractivity contribution in [3.8, 4) is 0 Å². The van der Waals surface area contributed by atoms with Crippen LogP contribution in [0, 0.1) is 0 Å². The van der Waals surface area contributed by atoms with Crippen molar-refractivity contribution in [2.45, 2.75) is 85.0 Å². The van der Waals surface area contributed by atoms with Crippen molar-refractivity contribution in [2.75, 3.05) is 24.0 Å². The Labute approximate surface area is 256 Å². The number of carbonyl (C=O) groups is 6. The highest BCUT2D eigenvalue weighted by molar-refractivity contribution is 7.98. The van der Waals surface area contributed by atoms with Gasteiger partial charge in [0.25, 0.3) is 0 Å². The lowest BCUT2D eigenvalue weighted by atomic mass is 10.1. The van der Waals surface area contributed by atoms with Crippen LogP contribution in [0.1, 0.15) is 60.8 Å². The Morgan fingerprint density at radius 3 is 1.49 bits per heavy atom. The van der Waals surface area contributed by atoms with Gasteiger partial charge in [-0.15, -0.1) is 0 Å². The van der Waals surface area contributed by atoms with Gasteiger partial charge in [0, 0.05) is 24.3 Å². The first kappa shape index (κ1) is 38.0. The van der Waals surface area contributed by atoms with Crippen molar-refractivity contribution in [3.05, 3.63) is 24.6 Å². The summed E-state index contributed by atoms with van der Waals surface area (Å²) in [7, 11) is 0. The normalized spacial score (nSPS) is 13.8. The molecule has 0 saturated carbocycles. The van der Waals surface area contributed by atoms with Gasteiger partial charge in [-0.1, -0.05) is 32.4 Å². The summed E-state index contributed by atoms with van der Waals surface area (Å²) in [6.45, 7) is 10.6. The van der Waals surface area contributed by atoms with Gasteiger partial charge in [0.1, 0.15) is 35.7 Å². The smallest absolute Gasteiger partial charge is 0.243 e. The minimum Gasteiger partial charge on any atom is -0.380 e. The summed E-state index contributed by atoms with van der Waals surface area (Å²) in [6.07, 6.45) is 11.5. The molecule has 236 valence electrons. The maximum atomic E-state index is 12.1. The summed E-state index contributed by atoms with van der Waals surface area (Å²) in [5, 5.41) is 10.7. The zero-order chi connectivity index (χ0) is 33.8. The van der Waals surface area contributed by atoms with E-state index in [0.717, 1.165) is 0 Å². The van der Waals surface area contributed by atoms with E-state index in [0.29, 0.717) is 11.5 Å². The van der Waals surface area contributed by atoms with Crippen molar-refractivity contribution in [3.63, 3.8) is 0 Å². The monoisotopic (exact) mass is 622 g/mol. The molecule has 41 heavy (non-hydrogen) atoms. The Hall–Kier alpha value is -3.00. The molecule has 0 aliphatic rings. The van der Waals surface area contributed by atoms with Crippen LogP contribution in [0.4, 0.5) is 0 Å². The highest BCUT2D eigenvalue weighted by atomic mass is 32.2.